The van der Waals surface area contributed by atoms with Gasteiger partial charge in [-0.15, -0.1) is 23.1 Å². The highest BCUT2D eigenvalue weighted by Crippen LogP contribution is 2.30. The predicted octanol–water partition coefficient (Wildman–Crippen LogP) is 6.58. The molecule has 1 aliphatic rings. The van der Waals surface area contributed by atoms with Crippen molar-refractivity contribution in [3.63, 3.8) is 0 Å². The first kappa shape index (κ1) is 104. The summed E-state index contributed by atoms with van der Waals surface area (Å²) >= 11 is 8.59. The van der Waals surface area contributed by atoms with Gasteiger partial charge in [-0.3, -0.25) is 76.7 Å². The summed E-state index contributed by atoms with van der Waals surface area (Å²) in [5, 5.41) is 30.2. The number of phenolic OH excluding ortho intramolecular Hbond substituents is 1. The minimum absolute atomic E-state index is 0.0608. The number of halogens is 1. The second kappa shape index (κ2) is 51.4. The van der Waals surface area contributed by atoms with Crippen molar-refractivity contribution in [1.82, 2.24) is 56.4 Å². The van der Waals surface area contributed by atoms with E-state index in [4.69, 9.17) is 27.8 Å². The van der Waals surface area contributed by atoms with E-state index >= 15 is 43.2 Å². The summed E-state index contributed by atoms with van der Waals surface area (Å²) in [7, 11) is 6.85. The summed E-state index contributed by atoms with van der Waals surface area (Å²) in [6.45, 7) is 7.12. The summed E-state index contributed by atoms with van der Waals surface area (Å²) in [6, 6.07) is 31.0. The fourth-order valence-corrected chi connectivity index (χ4v) is 17.6. The van der Waals surface area contributed by atoms with Gasteiger partial charge in [-0.1, -0.05) is 186 Å². The quantitative estimate of drug-likeness (QED) is 0.0258. The molecule has 0 bridgehead atoms. The van der Waals surface area contributed by atoms with Gasteiger partial charge >= 0.3 is 0 Å². The van der Waals surface area contributed by atoms with Gasteiger partial charge in [-0.25, -0.2) is 0 Å². The van der Waals surface area contributed by atoms with E-state index in [-0.39, 0.29) is 81.8 Å². The number of thioether (sulfide) groups is 1. The van der Waals surface area contributed by atoms with Crippen LogP contribution in [0.5, 0.6) is 5.75 Å². The summed E-state index contributed by atoms with van der Waals surface area (Å²) < 4.78 is 6.01. The van der Waals surface area contributed by atoms with Crippen molar-refractivity contribution in [2.24, 2.45) is 35.1 Å². The standard InChI is InChI=1S/C97H122ClN13O18S2/c1-11-12-26-80-96(127)107(6)52-71(114)48-67(54-129-58-112)84(116)50-73(60(4)5)93(124)110(9)81(46-61-21-15-13-16-22-61)92(123)105-77(44-63-28-30-66(51-99)31-29-63)94(125)108(7)53-87(118)101-76(49-68-55-131-85-27-20-19-25-72(68)85)91(122)104-75(43-65-34-38-70(113)39-35-65)90(121)103-74(42-59(2)3)89(120)106-79(83(115)40-41-86(100)117)56-130-57-88(119)102-78(45-64-32-36-69(98)37-33-64)95(126)111(10)82(97(128)109(80)8)47-62-23-17-14-18-24-62/h13-25,27-39,55,58-60,67,73-82,113H,11-12,26,40-54,56-57,99H2,1-10H3,(H2,100,117)(H,101,118)(H,102,119)(H,103,121)(H,104,122)(H,105,123)(H,106,120)/t67-,73-,74-,75-,76-,77-,78-,79-,80-,81-,82-/m0/s1. The number of ether oxygens (including phenoxy) is 1. The third-order valence-corrected chi connectivity index (χ3v) is 25.5. The van der Waals surface area contributed by atoms with Gasteiger partial charge < -0.3 is 77.7 Å². The van der Waals surface area contributed by atoms with Gasteiger partial charge in [-0.2, -0.15) is 0 Å². The van der Waals surface area contributed by atoms with E-state index in [0.29, 0.717) is 51.2 Å². The van der Waals surface area contributed by atoms with Crippen molar-refractivity contribution in [3.8, 4) is 5.75 Å². The van der Waals surface area contributed by atoms with Crippen molar-refractivity contribution < 1.29 is 86.6 Å². The number of hydrogen-bond donors (Lipinski definition) is 9. The third-order valence-electron chi connectivity index (χ3n) is 23.2. The van der Waals surface area contributed by atoms with Crippen molar-refractivity contribution in [2.75, 3.05) is 66.4 Å². The molecule has 31 nitrogen and oxygen atoms in total. The zero-order valence-electron chi connectivity index (χ0n) is 75.8. The van der Waals surface area contributed by atoms with Crippen molar-refractivity contribution >= 4 is 139 Å². The Morgan fingerprint density at radius 3 is 1.62 bits per heavy atom. The molecule has 11 N–H and O–H groups in total. The minimum Gasteiger partial charge on any atom is -0.508 e. The molecule has 1 saturated heterocycles. The molecule has 1 aromatic heterocycles. The van der Waals surface area contributed by atoms with Crippen LogP contribution >= 0.6 is 34.7 Å². The maximum Gasteiger partial charge on any atom is 0.293 e. The number of Topliss-reactive ketones (excluding diaryl/α,β-unsaturated/α-hetero) is 3. The Kier molecular flexibility index (Phi) is 40.9. The molecular formula is C97H122ClN13O18S2. The molecule has 6 aromatic carbocycles. The normalized spacial score (nSPS) is 21.9. The Balaban J connectivity index is 1.22. The van der Waals surface area contributed by atoms with E-state index in [9.17, 15) is 38.7 Å². The molecule has 1 fully saturated rings. The highest BCUT2D eigenvalue weighted by Gasteiger charge is 2.42. The first-order chi connectivity index (χ1) is 62.4. The summed E-state index contributed by atoms with van der Waals surface area (Å²) in [5.41, 5.74) is 15.6. The van der Waals surface area contributed by atoms with Crippen molar-refractivity contribution in [2.45, 2.75) is 185 Å². The Hall–Kier alpha value is -12.2. The molecule has 1 aliphatic heterocycles. The molecule has 12 amide bonds. The van der Waals surface area contributed by atoms with Gasteiger partial charge in [0.1, 0.15) is 66.5 Å². The van der Waals surface area contributed by atoms with Crippen LogP contribution in [0.15, 0.2) is 163 Å². The van der Waals surface area contributed by atoms with Crippen LogP contribution in [0.2, 0.25) is 5.02 Å². The van der Waals surface area contributed by atoms with Crippen LogP contribution in [-0.4, -0.2) is 245 Å². The third kappa shape index (κ3) is 31.8. The number of ketones is 3. The molecule has 11 atom stereocenters. The monoisotopic (exact) mass is 1860 g/mol. The lowest BCUT2D eigenvalue weighted by atomic mass is 9.84. The molecule has 2 heterocycles. The molecule has 0 radical (unpaired) electrons. The number of amides is 12. The second-order valence-electron chi connectivity index (χ2n) is 34.1. The summed E-state index contributed by atoms with van der Waals surface area (Å²) in [6.07, 6.45) is -2.07. The first-order valence-corrected chi connectivity index (χ1v) is 46.3. The van der Waals surface area contributed by atoms with Crippen LogP contribution in [0.3, 0.4) is 0 Å². The van der Waals surface area contributed by atoms with Gasteiger partial charge in [0.2, 0.25) is 70.9 Å². The number of nitrogens with one attached hydrogen (secondary N) is 6. The van der Waals surface area contributed by atoms with Crippen molar-refractivity contribution in [1.29, 1.82) is 0 Å². The van der Waals surface area contributed by atoms with E-state index < -0.39 is 211 Å². The smallest absolute Gasteiger partial charge is 0.293 e. The molecule has 702 valence electrons. The van der Waals surface area contributed by atoms with Crippen LogP contribution in [0, 0.1) is 23.7 Å². The zero-order valence-corrected chi connectivity index (χ0v) is 78.2. The molecule has 7 aromatic rings. The van der Waals surface area contributed by atoms with Crippen LogP contribution in [0.1, 0.15) is 125 Å². The number of unbranched alkanes of at least 4 members (excludes halogenated alkanes) is 1. The topological polar surface area (TPSA) is 443 Å². The molecular weight excluding hydrogens is 1730 g/mol. The van der Waals surface area contributed by atoms with Gasteiger partial charge in [0.05, 0.1) is 30.8 Å². The lowest BCUT2D eigenvalue weighted by Crippen LogP contribution is -2.59. The van der Waals surface area contributed by atoms with Crippen LogP contribution in [-0.2, 0) is 127 Å². The number of fused-ring (bicyclic) bond motifs is 1. The first-order valence-electron chi connectivity index (χ1n) is 43.9. The Morgan fingerprint density at radius 2 is 1.03 bits per heavy atom. The number of carbonyl (C=O) groups excluding carboxylic acids is 16. The van der Waals surface area contributed by atoms with Crippen molar-refractivity contribution in [3.05, 3.63) is 207 Å². The van der Waals surface area contributed by atoms with E-state index in [1.165, 1.54) is 85.5 Å². The Labute approximate surface area is 777 Å². The number of primary amides is 1. The fraction of sp³-hybridized carbons (Fsp3) is 0.443. The number of nitrogens with zero attached hydrogens (tertiary/aromatic N) is 5. The minimum atomic E-state index is -1.56. The molecule has 131 heavy (non-hydrogen) atoms. The highest BCUT2D eigenvalue weighted by atomic mass is 35.5. The number of thiophene rings is 1. The Bertz CT molecular complexity index is 5110. The van der Waals surface area contributed by atoms with E-state index in [1.54, 1.807) is 143 Å². The average Bonchev–Trinajstić information content (AvgIpc) is 1.75. The van der Waals surface area contributed by atoms with Gasteiger partial charge in [0.25, 0.3) is 6.47 Å². The van der Waals surface area contributed by atoms with Crippen LogP contribution < -0.4 is 43.4 Å². The number of likely N-dealkylation sites (N-methyl/N-ethyl adjacent to an activating group) is 5. The summed E-state index contributed by atoms with van der Waals surface area (Å²) in [5.74, 6) is -16.0. The van der Waals surface area contributed by atoms with Gasteiger partial charge in [0, 0.05) is 127 Å². The maximum atomic E-state index is 15.6. The Morgan fingerprint density at radius 1 is 0.527 bits per heavy atom. The van der Waals surface area contributed by atoms with E-state index in [1.807, 2.05) is 30.5 Å². The van der Waals surface area contributed by atoms with Gasteiger partial charge in [-0.05, 0) is 105 Å². The number of aromatic hydroxyl groups is 1. The highest BCUT2D eigenvalue weighted by molar-refractivity contribution is 8.00. The number of hydrogen-bond acceptors (Lipinski definition) is 21. The predicted molar refractivity (Wildman–Crippen MR) is 500 cm³/mol. The second-order valence-corrected chi connectivity index (χ2v) is 36.5. The molecule has 0 spiro atoms. The van der Waals surface area contributed by atoms with E-state index in [0.717, 1.165) is 37.2 Å². The summed E-state index contributed by atoms with van der Waals surface area (Å²) in [4.78, 5) is 242. The lowest BCUT2D eigenvalue weighted by Gasteiger charge is -2.37. The molecule has 0 unspecified atom stereocenters. The average molecular weight is 1860 g/mol. The number of rotatable bonds is 26. The van der Waals surface area contributed by atoms with Gasteiger partial charge in [0.15, 0.2) is 11.6 Å². The maximum absolute atomic E-state index is 15.6. The zero-order chi connectivity index (χ0) is 95.7. The van der Waals surface area contributed by atoms with Crippen LogP contribution in [0.4, 0.5) is 0 Å². The van der Waals surface area contributed by atoms with Crippen LogP contribution in [0.25, 0.3) is 10.1 Å². The fourth-order valence-electron chi connectivity index (χ4n) is 15.6. The largest absolute Gasteiger partial charge is 0.508 e. The number of phenols is 1. The SMILES string of the molecule is CCCC[C@H]1C(=O)N(C)CC(=O)C[C@@H](COC=O)C(=O)C[C@@H](C(C)C)C(=O)N(C)[C@@H](Cc2ccccc2)C(=O)N[C@@H](Cc2ccc(CN)cc2)C(=O)N(C)CC(=O)N[C@@H](Cc2csc3ccccc23)C(=O)N[C@@H](Cc2ccc(O)cc2)C(=O)N[C@@H](CC(C)C)C(=O)N[C@H](C(=O)CCC(N)=O)CSCC(=O)N[C@@H](Cc2ccc(Cl)cc2)C(=O)N(C)[C@@H](Cc2ccccc2)C(=O)N1C. The molecule has 8 rings (SSSR count). The molecule has 0 saturated carbocycles. The van der Waals surface area contributed by atoms with E-state index in [2.05, 4.69) is 31.9 Å². The number of carbonyl (C=O) groups is 16. The number of benzene rings is 6. The molecule has 0 aliphatic carbocycles. The lowest BCUT2D eigenvalue weighted by molar-refractivity contribution is -0.151. The number of nitrogens with two attached hydrogens (primary N) is 2. The molecule has 34 heteroatoms.